The lowest BCUT2D eigenvalue weighted by molar-refractivity contribution is 0.111. The van der Waals surface area contributed by atoms with Crippen molar-refractivity contribution in [2.75, 3.05) is 76.2 Å². The monoisotopic (exact) mass is 577 g/mol. The lowest BCUT2D eigenvalue weighted by Crippen LogP contribution is -2.50. The Balaban J connectivity index is 1.12. The van der Waals surface area contributed by atoms with Gasteiger partial charge in [-0.2, -0.15) is 5.10 Å². The number of anilines is 3. The molecule has 1 N–H and O–H groups in total. The first-order chi connectivity index (χ1) is 20.3. The number of benzene rings is 1. The predicted molar refractivity (Wildman–Crippen MR) is 169 cm³/mol. The predicted octanol–water partition coefficient (Wildman–Crippen LogP) is 5.04. The smallest absolute Gasteiger partial charge is 0.227 e. The van der Waals surface area contributed by atoms with Crippen molar-refractivity contribution in [3.63, 3.8) is 0 Å². The van der Waals surface area contributed by atoms with Crippen molar-refractivity contribution in [3.8, 4) is 11.3 Å². The van der Waals surface area contributed by atoms with Crippen molar-refractivity contribution in [2.24, 2.45) is 0 Å². The van der Waals surface area contributed by atoms with E-state index < -0.39 is 0 Å². The van der Waals surface area contributed by atoms with Crippen molar-refractivity contribution in [2.45, 2.75) is 59.0 Å². The average molecular weight is 578 g/mol. The number of halogens is 1. The van der Waals surface area contributed by atoms with E-state index in [4.69, 9.17) is 4.98 Å². The van der Waals surface area contributed by atoms with Gasteiger partial charge in [0.2, 0.25) is 5.95 Å². The van der Waals surface area contributed by atoms with Gasteiger partial charge in [0.25, 0.3) is 0 Å². The Labute approximate surface area is 250 Å². The van der Waals surface area contributed by atoms with Crippen LogP contribution in [0.5, 0.6) is 0 Å². The molecule has 0 amide bonds. The molecule has 42 heavy (non-hydrogen) atoms. The number of rotatable bonds is 11. The molecule has 0 bridgehead atoms. The zero-order valence-electron chi connectivity index (χ0n) is 26.1. The maximum Gasteiger partial charge on any atom is 0.227 e. The summed E-state index contributed by atoms with van der Waals surface area (Å²) in [5.74, 6) is 0.214. The topological polar surface area (TPSA) is 68.6 Å². The summed E-state index contributed by atoms with van der Waals surface area (Å²) in [5.41, 5.74) is 4.02. The normalized spacial score (nSPS) is 17.5. The Kier molecular flexibility index (Phi) is 10.1. The molecule has 3 aromatic rings. The maximum absolute atomic E-state index is 15.3. The molecule has 0 atom stereocenters. The Bertz CT molecular complexity index is 1290. The third-order valence-electron chi connectivity index (χ3n) is 8.78. The van der Waals surface area contributed by atoms with Crippen LogP contribution in [0.4, 0.5) is 21.7 Å². The van der Waals surface area contributed by atoms with Gasteiger partial charge < -0.3 is 20.0 Å². The van der Waals surface area contributed by atoms with Crippen LogP contribution in [0.15, 0.2) is 36.8 Å². The fourth-order valence-electron chi connectivity index (χ4n) is 6.09. The fourth-order valence-corrected chi connectivity index (χ4v) is 6.09. The summed E-state index contributed by atoms with van der Waals surface area (Å²) < 4.78 is 17.2. The molecule has 10 heteroatoms. The third kappa shape index (κ3) is 7.46. The van der Waals surface area contributed by atoms with Gasteiger partial charge in [-0.25, -0.2) is 14.4 Å². The highest BCUT2D eigenvalue weighted by Gasteiger charge is 2.25. The number of piperidine rings is 1. The van der Waals surface area contributed by atoms with E-state index in [2.05, 4.69) is 62.8 Å². The molecule has 0 radical (unpaired) electrons. The summed E-state index contributed by atoms with van der Waals surface area (Å²) in [6.07, 6.45) is 8.94. The Morgan fingerprint density at radius 1 is 1.02 bits per heavy atom. The van der Waals surface area contributed by atoms with E-state index in [9.17, 15) is 0 Å². The van der Waals surface area contributed by atoms with Crippen molar-refractivity contribution in [3.05, 3.63) is 48.2 Å². The van der Waals surface area contributed by atoms with Crippen LogP contribution in [0.1, 0.15) is 51.6 Å². The summed E-state index contributed by atoms with van der Waals surface area (Å²) in [6, 6.07) is 6.16. The molecular formula is C32H48FN9. The molecule has 2 aliphatic heterocycles. The van der Waals surface area contributed by atoms with Gasteiger partial charge in [-0.3, -0.25) is 9.58 Å². The van der Waals surface area contributed by atoms with Crippen LogP contribution in [0.2, 0.25) is 0 Å². The minimum absolute atomic E-state index is 0.223. The summed E-state index contributed by atoms with van der Waals surface area (Å²) in [6.45, 7) is 18.3. The van der Waals surface area contributed by atoms with E-state index >= 15 is 4.39 Å². The van der Waals surface area contributed by atoms with Crippen LogP contribution in [0.3, 0.4) is 0 Å². The summed E-state index contributed by atoms with van der Waals surface area (Å²) in [7, 11) is 2.25. The molecule has 2 fully saturated rings. The summed E-state index contributed by atoms with van der Waals surface area (Å²) in [5, 5.41) is 7.63. The van der Waals surface area contributed by atoms with Gasteiger partial charge >= 0.3 is 0 Å². The van der Waals surface area contributed by atoms with Crippen LogP contribution in [-0.2, 0) is 0 Å². The molecule has 228 valence electrons. The fraction of sp³-hybridized carbons (Fsp3) is 0.594. The number of hydrogen-bond donors (Lipinski definition) is 1. The molecule has 9 nitrogen and oxygen atoms in total. The zero-order valence-corrected chi connectivity index (χ0v) is 26.1. The SMILES string of the molecule is CCCN1CCN(CCN(C)C2CCN(c3ccc(Nc4ncc(C)c(-c5cnn(C(C)C)c5)n4)cc3F)CC2)CC1. The van der Waals surface area contributed by atoms with Gasteiger partial charge in [0.05, 0.1) is 17.6 Å². The number of hydrogen-bond acceptors (Lipinski definition) is 8. The van der Waals surface area contributed by atoms with E-state index in [1.165, 1.54) is 39.1 Å². The molecule has 1 aromatic carbocycles. The molecule has 0 saturated carbocycles. The van der Waals surface area contributed by atoms with E-state index in [1.807, 2.05) is 36.1 Å². The van der Waals surface area contributed by atoms with E-state index in [0.29, 0.717) is 23.4 Å². The van der Waals surface area contributed by atoms with Crippen LogP contribution >= 0.6 is 0 Å². The second-order valence-electron chi connectivity index (χ2n) is 12.2. The Hall–Kier alpha value is -3.08. The van der Waals surface area contributed by atoms with Gasteiger partial charge in [-0.15, -0.1) is 0 Å². The Morgan fingerprint density at radius 3 is 2.38 bits per heavy atom. The molecule has 4 heterocycles. The van der Waals surface area contributed by atoms with E-state index in [1.54, 1.807) is 12.3 Å². The Morgan fingerprint density at radius 2 is 1.74 bits per heavy atom. The molecular weight excluding hydrogens is 529 g/mol. The van der Waals surface area contributed by atoms with Crippen molar-refractivity contribution in [1.82, 2.24) is 34.4 Å². The minimum Gasteiger partial charge on any atom is -0.369 e. The molecule has 0 unspecified atom stereocenters. The van der Waals surface area contributed by atoms with Crippen LogP contribution in [0.25, 0.3) is 11.3 Å². The molecule has 0 spiro atoms. The van der Waals surface area contributed by atoms with E-state index in [-0.39, 0.29) is 11.9 Å². The van der Waals surface area contributed by atoms with Gasteiger partial charge in [0.15, 0.2) is 0 Å². The summed E-state index contributed by atoms with van der Waals surface area (Å²) >= 11 is 0. The largest absolute Gasteiger partial charge is 0.369 e. The number of aryl methyl sites for hydroxylation is 1. The van der Waals surface area contributed by atoms with Gasteiger partial charge in [-0.1, -0.05) is 6.92 Å². The lowest BCUT2D eigenvalue weighted by atomic mass is 10.0. The maximum atomic E-state index is 15.3. The lowest BCUT2D eigenvalue weighted by Gasteiger charge is -2.39. The van der Waals surface area contributed by atoms with Crippen molar-refractivity contribution >= 4 is 17.3 Å². The molecule has 5 rings (SSSR count). The highest BCUT2D eigenvalue weighted by atomic mass is 19.1. The first-order valence-corrected chi connectivity index (χ1v) is 15.7. The van der Waals surface area contributed by atoms with Crippen LogP contribution in [0, 0.1) is 12.7 Å². The molecule has 0 aliphatic carbocycles. The van der Waals surface area contributed by atoms with Crippen LogP contribution in [-0.4, -0.2) is 106 Å². The van der Waals surface area contributed by atoms with E-state index in [0.717, 1.165) is 55.8 Å². The number of nitrogens with one attached hydrogen (secondary N) is 1. The van der Waals surface area contributed by atoms with Crippen LogP contribution < -0.4 is 10.2 Å². The highest BCUT2D eigenvalue weighted by molar-refractivity contribution is 5.65. The number of aromatic nitrogens is 4. The minimum atomic E-state index is -0.223. The molecule has 2 aliphatic rings. The molecule has 2 aromatic heterocycles. The number of likely N-dealkylation sites (N-methyl/N-ethyl adjacent to an activating group) is 1. The number of piperazine rings is 1. The van der Waals surface area contributed by atoms with Gasteiger partial charge in [0, 0.05) is 88.1 Å². The second kappa shape index (κ2) is 13.9. The van der Waals surface area contributed by atoms with Gasteiger partial charge in [-0.05, 0) is 77.4 Å². The van der Waals surface area contributed by atoms with Crippen molar-refractivity contribution in [1.29, 1.82) is 0 Å². The average Bonchev–Trinajstić information content (AvgIpc) is 3.49. The second-order valence-corrected chi connectivity index (χ2v) is 12.2. The highest BCUT2D eigenvalue weighted by Crippen LogP contribution is 2.29. The van der Waals surface area contributed by atoms with Crippen molar-refractivity contribution < 1.29 is 4.39 Å². The standard InChI is InChI=1S/C32H48FN9/c1-6-11-39-16-18-40(19-17-39)15-14-38(5)28-9-12-41(13-10-28)30-8-7-27(20-29(30)33)36-32-34-21-25(4)31(37-32)26-22-35-42(23-26)24(2)3/h7-8,20-24,28H,6,9-19H2,1-5H3,(H,34,36,37). The summed E-state index contributed by atoms with van der Waals surface area (Å²) in [4.78, 5) is 19.0. The third-order valence-corrected chi connectivity index (χ3v) is 8.78. The zero-order chi connectivity index (χ0) is 29.6. The first kappa shape index (κ1) is 30.4. The van der Waals surface area contributed by atoms with Gasteiger partial charge in [0.1, 0.15) is 5.82 Å². The first-order valence-electron chi connectivity index (χ1n) is 15.7. The quantitative estimate of drug-likeness (QED) is 0.340. The number of nitrogens with zero attached hydrogens (tertiary/aromatic N) is 8. The molecule has 2 saturated heterocycles.